The first-order valence-electron chi connectivity index (χ1n) is 7.78. The lowest BCUT2D eigenvalue weighted by molar-refractivity contribution is -0.0766. The Balaban J connectivity index is 1.83. The fourth-order valence-electron chi connectivity index (χ4n) is 2.62. The third-order valence-corrected chi connectivity index (χ3v) is 3.97. The highest BCUT2D eigenvalue weighted by Gasteiger charge is 2.42. The molecule has 1 amide bonds. The van der Waals surface area contributed by atoms with Crippen molar-refractivity contribution >= 4 is 5.91 Å². The molecule has 0 aliphatic carbocycles. The molecule has 130 valence electrons. The van der Waals surface area contributed by atoms with Crippen molar-refractivity contribution in [3.05, 3.63) is 11.7 Å². The summed E-state index contributed by atoms with van der Waals surface area (Å²) >= 11 is 0. The Labute approximate surface area is 135 Å². The first-order chi connectivity index (χ1) is 10.7. The number of rotatable bonds is 6. The number of aliphatic hydroxyl groups excluding tert-OH is 2. The van der Waals surface area contributed by atoms with Crippen molar-refractivity contribution in [1.82, 2.24) is 20.4 Å². The van der Waals surface area contributed by atoms with Gasteiger partial charge in [0.2, 0.25) is 5.89 Å². The lowest BCUT2D eigenvalue weighted by atomic mass is 9.81. The Morgan fingerprint density at radius 1 is 1.39 bits per heavy atom. The number of aliphatic hydroxyl groups is 2. The van der Waals surface area contributed by atoms with E-state index in [1.54, 1.807) is 0 Å². The lowest BCUT2D eigenvalue weighted by Crippen LogP contribution is -2.62. The van der Waals surface area contributed by atoms with E-state index in [-0.39, 0.29) is 36.4 Å². The van der Waals surface area contributed by atoms with Crippen LogP contribution in [-0.4, -0.2) is 70.1 Å². The van der Waals surface area contributed by atoms with Crippen LogP contribution < -0.4 is 5.32 Å². The van der Waals surface area contributed by atoms with Crippen LogP contribution in [-0.2, 0) is 5.41 Å². The molecule has 0 bridgehead atoms. The van der Waals surface area contributed by atoms with Crippen LogP contribution in [0.15, 0.2) is 4.52 Å². The second-order valence-electron chi connectivity index (χ2n) is 7.53. The van der Waals surface area contributed by atoms with Gasteiger partial charge in [0.1, 0.15) is 0 Å². The van der Waals surface area contributed by atoms with Gasteiger partial charge >= 0.3 is 0 Å². The van der Waals surface area contributed by atoms with Gasteiger partial charge in [-0.2, -0.15) is 4.98 Å². The van der Waals surface area contributed by atoms with Gasteiger partial charge in [-0.1, -0.05) is 25.9 Å². The predicted molar refractivity (Wildman–Crippen MR) is 83.0 cm³/mol. The molecule has 0 saturated carbocycles. The Hall–Kier alpha value is -1.51. The van der Waals surface area contributed by atoms with Crippen LogP contribution >= 0.6 is 0 Å². The molecule has 1 saturated heterocycles. The highest BCUT2D eigenvalue weighted by atomic mass is 16.5. The summed E-state index contributed by atoms with van der Waals surface area (Å²) in [6, 6.07) is -0.102. The number of carbonyl (C=O) groups is 1. The summed E-state index contributed by atoms with van der Waals surface area (Å²) in [5.74, 6) is 0.0898. The van der Waals surface area contributed by atoms with Crippen molar-refractivity contribution in [2.24, 2.45) is 5.41 Å². The van der Waals surface area contributed by atoms with E-state index < -0.39 is 5.41 Å². The topological polar surface area (TPSA) is 112 Å². The van der Waals surface area contributed by atoms with Crippen LogP contribution in [0, 0.1) is 5.41 Å². The van der Waals surface area contributed by atoms with Crippen LogP contribution in [0.5, 0.6) is 0 Å². The maximum absolute atomic E-state index is 12.1. The molecular formula is C15H26N4O4. The van der Waals surface area contributed by atoms with Crippen molar-refractivity contribution in [2.45, 2.75) is 39.2 Å². The van der Waals surface area contributed by atoms with Crippen molar-refractivity contribution in [1.29, 1.82) is 0 Å². The smallest absolute Gasteiger partial charge is 0.292 e. The Morgan fingerprint density at radius 2 is 2.00 bits per heavy atom. The summed E-state index contributed by atoms with van der Waals surface area (Å²) in [4.78, 5) is 18.3. The van der Waals surface area contributed by atoms with E-state index in [0.717, 1.165) is 0 Å². The summed E-state index contributed by atoms with van der Waals surface area (Å²) in [6.45, 7) is 9.51. The quantitative estimate of drug-likeness (QED) is 0.662. The molecule has 1 aromatic heterocycles. The summed E-state index contributed by atoms with van der Waals surface area (Å²) in [5, 5.41) is 25.1. The van der Waals surface area contributed by atoms with Gasteiger partial charge in [-0.15, -0.1) is 0 Å². The number of hydrogen-bond donors (Lipinski definition) is 3. The first kappa shape index (κ1) is 17.8. The summed E-state index contributed by atoms with van der Waals surface area (Å²) < 4.78 is 5.11. The Morgan fingerprint density at radius 3 is 2.48 bits per heavy atom. The van der Waals surface area contributed by atoms with E-state index in [1.165, 1.54) is 0 Å². The molecule has 8 heteroatoms. The predicted octanol–water partition coefficient (Wildman–Crippen LogP) is -0.228. The summed E-state index contributed by atoms with van der Waals surface area (Å²) in [6.07, 6.45) is 0. The third kappa shape index (κ3) is 4.07. The molecule has 1 fully saturated rings. The molecule has 1 atom stereocenters. The molecule has 1 aliphatic heterocycles. The molecule has 0 spiro atoms. The van der Waals surface area contributed by atoms with Crippen LogP contribution in [0.3, 0.4) is 0 Å². The molecule has 0 aromatic carbocycles. The molecular weight excluding hydrogens is 300 g/mol. The average Bonchev–Trinajstić information content (AvgIpc) is 2.92. The monoisotopic (exact) mass is 326 g/mol. The minimum atomic E-state index is -0.404. The normalized spacial score (nSPS) is 19.2. The molecule has 1 aromatic rings. The van der Waals surface area contributed by atoms with E-state index in [4.69, 9.17) is 4.52 Å². The van der Waals surface area contributed by atoms with E-state index in [2.05, 4.69) is 20.4 Å². The molecule has 1 aliphatic rings. The first-order valence-corrected chi connectivity index (χ1v) is 7.78. The molecule has 8 nitrogen and oxygen atoms in total. The minimum absolute atomic E-state index is 0.0286. The van der Waals surface area contributed by atoms with Gasteiger partial charge in [0.15, 0.2) is 0 Å². The van der Waals surface area contributed by atoms with Crippen LogP contribution in [0.25, 0.3) is 0 Å². The number of carbonyl (C=O) groups excluding carboxylic acids is 1. The number of nitrogens with one attached hydrogen (secondary N) is 1. The molecule has 23 heavy (non-hydrogen) atoms. The Kier molecular flexibility index (Phi) is 5.07. The van der Waals surface area contributed by atoms with Crippen molar-refractivity contribution in [3.63, 3.8) is 0 Å². The van der Waals surface area contributed by atoms with E-state index in [9.17, 15) is 15.0 Å². The van der Waals surface area contributed by atoms with Gasteiger partial charge in [-0.3, -0.25) is 9.69 Å². The molecule has 2 rings (SSSR count). The SMILES string of the molecule is CC(CN1CC(CO)(CO)C1)NC(=O)c1noc(C(C)(C)C)n1. The fraction of sp³-hybridized carbons (Fsp3) is 0.800. The zero-order valence-corrected chi connectivity index (χ0v) is 14.2. The van der Waals surface area contributed by atoms with E-state index in [1.807, 2.05) is 27.7 Å². The molecule has 3 N–H and O–H groups in total. The zero-order chi connectivity index (χ0) is 17.3. The number of amides is 1. The van der Waals surface area contributed by atoms with Gasteiger partial charge in [0.25, 0.3) is 11.7 Å². The van der Waals surface area contributed by atoms with Gasteiger partial charge in [0, 0.05) is 36.5 Å². The maximum atomic E-state index is 12.1. The minimum Gasteiger partial charge on any atom is -0.396 e. The lowest BCUT2D eigenvalue weighted by Gasteiger charge is -2.49. The van der Waals surface area contributed by atoms with Crippen LogP contribution in [0.2, 0.25) is 0 Å². The van der Waals surface area contributed by atoms with Gasteiger partial charge in [-0.05, 0) is 6.92 Å². The average molecular weight is 326 g/mol. The van der Waals surface area contributed by atoms with Gasteiger partial charge in [0.05, 0.1) is 13.2 Å². The molecule has 2 heterocycles. The number of hydrogen-bond acceptors (Lipinski definition) is 7. The van der Waals surface area contributed by atoms with Crippen molar-refractivity contribution in [2.75, 3.05) is 32.8 Å². The second kappa shape index (κ2) is 6.54. The number of aromatic nitrogens is 2. The third-order valence-electron chi connectivity index (χ3n) is 3.97. The number of nitrogens with zero attached hydrogens (tertiary/aromatic N) is 3. The van der Waals surface area contributed by atoms with Gasteiger partial charge in [-0.25, -0.2) is 0 Å². The van der Waals surface area contributed by atoms with E-state index >= 15 is 0 Å². The highest BCUT2D eigenvalue weighted by molar-refractivity contribution is 5.90. The largest absolute Gasteiger partial charge is 0.396 e. The maximum Gasteiger partial charge on any atom is 0.292 e. The Bertz CT molecular complexity index is 540. The van der Waals surface area contributed by atoms with Crippen molar-refractivity contribution < 1.29 is 19.5 Å². The fourth-order valence-corrected chi connectivity index (χ4v) is 2.62. The summed E-state index contributed by atoms with van der Waals surface area (Å²) in [5.41, 5.74) is -0.703. The van der Waals surface area contributed by atoms with E-state index in [0.29, 0.717) is 25.5 Å². The van der Waals surface area contributed by atoms with Crippen LogP contribution in [0.4, 0.5) is 0 Å². The molecule has 1 unspecified atom stereocenters. The van der Waals surface area contributed by atoms with Crippen LogP contribution in [0.1, 0.15) is 44.2 Å². The summed E-state index contributed by atoms with van der Waals surface area (Å²) in [7, 11) is 0. The highest BCUT2D eigenvalue weighted by Crippen LogP contribution is 2.29. The standard InChI is InChI=1S/C15H26N4O4/c1-10(5-19-6-15(7-19,8-20)9-21)16-12(22)11-17-13(23-18-11)14(2,3)4/h10,20-21H,5-9H2,1-4H3,(H,16,22). The van der Waals surface area contributed by atoms with Crippen molar-refractivity contribution in [3.8, 4) is 0 Å². The zero-order valence-electron chi connectivity index (χ0n) is 14.2. The molecule has 0 radical (unpaired) electrons. The second-order valence-corrected chi connectivity index (χ2v) is 7.53. The van der Waals surface area contributed by atoms with Gasteiger partial charge < -0.3 is 20.1 Å². The number of likely N-dealkylation sites (tertiary alicyclic amines) is 1.